The van der Waals surface area contributed by atoms with Gasteiger partial charge >= 0.3 is 5.97 Å². The van der Waals surface area contributed by atoms with Gasteiger partial charge in [0.25, 0.3) is 0 Å². The van der Waals surface area contributed by atoms with Crippen molar-refractivity contribution in [2.24, 2.45) is 0 Å². The van der Waals surface area contributed by atoms with Gasteiger partial charge < -0.3 is 4.74 Å². The summed E-state index contributed by atoms with van der Waals surface area (Å²) in [5.41, 5.74) is 0.774. The fraction of sp³-hybridized carbons (Fsp3) is 0.278. The summed E-state index contributed by atoms with van der Waals surface area (Å²) < 4.78 is 32.3. The van der Waals surface area contributed by atoms with E-state index in [0.717, 1.165) is 9.87 Å². The van der Waals surface area contributed by atoms with E-state index in [1.54, 1.807) is 6.92 Å². The van der Waals surface area contributed by atoms with Crippen molar-refractivity contribution in [1.82, 2.24) is 4.31 Å². The molecule has 2 aromatic carbocycles. The van der Waals surface area contributed by atoms with Crippen LogP contribution in [0, 0.1) is 0 Å². The number of hydrogen-bond donors (Lipinski definition) is 0. The standard InChI is InChI=1S/C18H20ClNO4S/c1-3-24-18(21)14(2)20(13-15-7-5-4-6-8-15)25(22,23)17-11-9-16(19)10-12-17/h4-12,14H,3,13H2,1-2H3. The molecule has 0 spiro atoms. The molecule has 2 rings (SSSR count). The van der Waals surface area contributed by atoms with E-state index >= 15 is 0 Å². The minimum atomic E-state index is -3.90. The lowest BCUT2D eigenvalue weighted by atomic mass is 10.2. The first kappa shape index (κ1) is 19.4. The second-order valence-corrected chi connectivity index (χ2v) is 7.74. The summed E-state index contributed by atoms with van der Waals surface area (Å²) in [7, 11) is -3.90. The Kier molecular flexibility index (Phi) is 6.58. The van der Waals surface area contributed by atoms with Crippen molar-refractivity contribution < 1.29 is 17.9 Å². The van der Waals surface area contributed by atoms with E-state index in [1.165, 1.54) is 31.2 Å². The molecular formula is C18H20ClNO4S. The van der Waals surface area contributed by atoms with Crippen LogP contribution in [0.3, 0.4) is 0 Å². The van der Waals surface area contributed by atoms with Gasteiger partial charge in [0.05, 0.1) is 11.5 Å². The van der Waals surface area contributed by atoms with Gasteiger partial charge in [0.2, 0.25) is 10.0 Å². The zero-order valence-electron chi connectivity index (χ0n) is 14.1. The lowest BCUT2D eigenvalue weighted by molar-refractivity contribution is -0.147. The summed E-state index contributed by atoms with van der Waals surface area (Å²) in [6.07, 6.45) is 0. The van der Waals surface area contributed by atoms with Crippen LogP contribution in [0.4, 0.5) is 0 Å². The third-order valence-electron chi connectivity index (χ3n) is 3.66. The Morgan fingerprint density at radius 3 is 2.28 bits per heavy atom. The van der Waals surface area contributed by atoms with Gasteiger partial charge in [-0.1, -0.05) is 41.9 Å². The largest absolute Gasteiger partial charge is 0.465 e. The van der Waals surface area contributed by atoms with E-state index in [2.05, 4.69) is 0 Å². The average Bonchev–Trinajstić information content (AvgIpc) is 2.60. The maximum absolute atomic E-state index is 13.1. The molecule has 0 aromatic heterocycles. The van der Waals surface area contributed by atoms with E-state index < -0.39 is 22.0 Å². The Morgan fingerprint density at radius 1 is 1.12 bits per heavy atom. The zero-order chi connectivity index (χ0) is 18.4. The number of esters is 1. The van der Waals surface area contributed by atoms with Crippen molar-refractivity contribution in [3.63, 3.8) is 0 Å². The van der Waals surface area contributed by atoms with Gasteiger partial charge in [-0.3, -0.25) is 4.79 Å². The Bertz CT molecular complexity index is 807. The minimum Gasteiger partial charge on any atom is -0.465 e. The molecule has 134 valence electrons. The van der Waals surface area contributed by atoms with Crippen molar-refractivity contribution in [3.8, 4) is 0 Å². The molecule has 0 aliphatic heterocycles. The summed E-state index contributed by atoms with van der Waals surface area (Å²) in [6.45, 7) is 3.45. The molecule has 0 radical (unpaired) electrons. The molecule has 25 heavy (non-hydrogen) atoms. The number of nitrogens with zero attached hydrogens (tertiary/aromatic N) is 1. The van der Waals surface area contributed by atoms with Crippen LogP contribution >= 0.6 is 11.6 Å². The molecule has 0 heterocycles. The number of benzene rings is 2. The molecule has 0 N–H and O–H groups in total. The fourth-order valence-corrected chi connectivity index (χ4v) is 4.01. The third kappa shape index (κ3) is 4.81. The van der Waals surface area contributed by atoms with Crippen LogP contribution in [0.25, 0.3) is 0 Å². The van der Waals surface area contributed by atoms with E-state index in [-0.39, 0.29) is 18.0 Å². The van der Waals surface area contributed by atoms with Crippen LogP contribution in [0.15, 0.2) is 59.5 Å². The molecule has 1 atom stereocenters. The highest BCUT2D eigenvalue weighted by molar-refractivity contribution is 7.89. The summed E-state index contributed by atoms with van der Waals surface area (Å²) in [5.74, 6) is -0.587. The predicted molar refractivity (Wildman–Crippen MR) is 96.7 cm³/mol. The highest BCUT2D eigenvalue weighted by Crippen LogP contribution is 2.23. The molecule has 0 aliphatic rings. The number of halogens is 1. The normalized spacial score (nSPS) is 12.8. The zero-order valence-corrected chi connectivity index (χ0v) is 15.6. The summed E-state index contributed by atoms with van der Waals surface area (Å²) in [5, 5.41) is 0.437. The second kappa shape index (κ2) is 8.47. The van der Waals surface area contributed by atoms with Gasteiger partial charge in [-0.25, -0.2) is 8.42 Å². The van der Waals surface area contributed by atoms with Crippen molar-refractivity contribution in [2.75, 3.05) is 6.61 Å². The van der Waals surface area contributed by atoms with Crippen LogP contribution in [-0.2, 0) is 26.1 Å². The van der Waals surface area contributed by atoms with Crippen molar-refractivity contribution in [1.29, 1.82) is 0 Å². The molecular weight excluding hydrogens is 362 g/mol. The quantitative estimate of drug-likeness (QED) is 0.689. The first-order chi connectivity index (χ1) is 11.9. The van der Waals surface area contributed by atoms with E-state index in [0.29, 0.717) is 5.02 Å². The van der Waals surface area contributed by atoms with Crippen LogP contribution in [0.1, 0.15) is 19.4 Å². The molecule has 2 aromatic rings. The smallest absolute Gasteiger partial charge is 0.324 e. The van der Waals surface area contributed by atoms with Gasteiger partial charge in [0, 0.05) is 11.6 Å². The highest BCUT2D eigenvalue weighted by Gasteiger charge is 2.33. The van der Waals surface area contributed by atoms with Crippen LogP contribution in [0.5, 0.6) is 0 Å². The average molecular weight is 382 g/mol. The maximum atomic E-state index is 13.1. The number of rotatable bonds is 7. The van der Waals surface area contributed by atoms with Gasteiger partial charge in [-0.15, -0.1) is 0 Å². The van der Waals surface area contributed by atoms with Gasteiger partial charge in [0.15, 0.2) is 0 Å². The maximum Gasteiger partial charge on any atom is 0.324 e. The molecule has 7 heteroatoms. The van der Waals surface area contributed by atoms with Crippen LogP contribution in [-0.4, -0.2) is 31.3 Å². The van der Waals surface area contributed by atoms with Crippen molar-refractivity contribution in [2.45, 2.75) is 31.3 Å². The summed E-state index contributed by atoms with van der Waals surface area (Å²) in [4.78, 5) is 12.2. The number of sulfonamides is 1. The molecule has 0 fully saturated rings. The van der Waals surface area contributed by atoms with Gasteiger partial charge in [0.1, 0.15) is 6.04 Å². The minimum absolute atomic E-state index is 0.0613. The second-order valence-electron chi connectivity index (χ2n) is 5.42. The molecule has 1 unspecified atom stereocenters. The summed E-state index contributed by atoms with van der Waals surface area (Å²) in [6, 6.07) is 14.0. The lowest BCUT2D eigenvalue weighted by Gasteiger charge is -2.27. The Hall–Kier alpha value is -1.89. The third-order valence-corrected chi connectivity index (χ3v) is 5.84. The predicted octanol–water partition coefficient (Wildman–Crippen LogP) is 3.48. The molecule has 0 saturated heterocycles. The number of carbonyl (C=O) groups is 1. The van der Waals surface area contributed by atoms with Gasteiger partial charge in [-0.2, -0.15) is 4.31 Å². The number of ether oxygens (including phenoxy) is 1. The molecule has 5 nitrogen and oxygen atoms in total. The topological polar surface area (TPSA) is 63.7 Å². The molecule has 0 bridgehead atoms. The molecule has 0 amide bonds. The molecule has 0 aliphatic carbocycles. The Morgan fingerprint density at radius 2 is 1.72 bits per heavy atom. The van der Waals surface area contributed by atoms with E-state index in [1.807, 2.05) is 30.3 Å². The Balaban J connectivity index is 2.42. The summed E-state index contributed by atoms with van der Waals surface area (Å²) >= 11 is 5.84. The van der Waals surface area contributed by atoms with Gasteiger partial charge in [-0.05, 0) is 43.7 Å². The van der Waals surface area contributed by atoms with Crippen LogP contribution < -0.4 is 0 Å². The number of carbonyl (C=O) groups excluding carboxylic acids is 1. The van der Waals surface area contributed by atoms with E-state index in [9.17, 15) is 13.2 Å². The van der Waals surface area contributed by atoms with E-state index in [4.69, 9.17) is 16.3 Å². The van der Waals surface area contributed by atoms with Crippen LogP contribution in [0.2, 0.25) is 5.02 Å². The Labute approximate surface area is 153 Å². The van der Waals surface area contributed by atoms with Crippen molar-refractivity contribution >= 4 is 27.6 Å². The van der Waals surface area contributed by atoms with Crippen molar-refractivity contribution in [3.05, 3.63) is 65.2 Å². The first-order valence-electron chi connectivity index (χ1n) is 7.84. The fourth-order valence-electron chi connectivity index (χ4n) is 2.32. The SMILES string of the molecule is CCOC(=O)C(C)N(Cc1ccccc1)S(=O)(=O)c1ccc(Cl)cc1. The lowest BCUT2D eigenvalue weighted by Crippen LogP contribution is -2.43. The monoisotopic (exact) mass is 381 g/mol. The number of hydrogen-bond acceptors (Lipinski definition) is 4. The molecule has 0 saturated carbocycles. The highest BCUT2D eigenvalue weighted by atomic mass is 35.5. The first-order valence-corrected chi connectivity index (χ1v) is 9.66.